The summed E-state index contributed by atoms with van der Waals surface area (Å²) >= 11 is 1.32. The summed E-state index contributed by atoms with van der Waals surface area (Å²) in [5.74, 6) is -2.91. The van der Waals surface area contributed by atoms with Gasteiger partial charge in [0, 0.05) is 41.4 Å². The number of alkyl carbamates (subject to hydrolysis) is 1. The zero-order valence-electron chi connectivity index (χ0n) is 34.1. The van der Waals surface area contributed by atoms with Gasteiger partial charge in [0.1, 0.15) is 23.9 Å². The van der Waals surface area contributed by atoms with E-state index in [0.717, 1.165) is 0 Å². The number of carbonyl (C=O) groups is 6. The highest BCUT2D eigenvalue weighted by atomic mass is 32.2. The Labute approximate surface area is 346 Å². The van der Waals surface area contributed by atoms with Crippen molar-refractivity contribution >= 4 is 70.8 Å². The van der Waals surface area contributed by atoms with Gasteiger partial charge in [-0.05, 0) is 103 Å². The van der Waals surface area contributed by atoms with Crippen LogP contribution in [0.1, 0.15) is 82.6 Å². The molecule has 16 nitrogen and oxygen atoms in total. The zero-order valence-corrected chi connectivity index (χ0v) is 35.0. The number of carbonyl (C=O) groups excluding carboxylic acids is 5. The second kappa shape index (κ2) is 20.5. The molecule has 2 aromatic carbocycles. The summed E-state index contributed by atoms with van der Waals surface area (Å²) < 4.78 is 17.3. The average Bonchev–Trinajstić information content (AvgIpc) is 3.53. The van der Waals surface area contributed by atoms with Crippen LogP contribution in [0.25, 0.3) is 23.1 Å². The SMILES string of the molecule is CNC(=O)c1ccccc1Sc1ccc2c(/C=C/c3ccccn3)nn(C(=O)N(CCOC(=O)CC[C@@H](NC(=O)OC(C)(C)C)C(=O)OC(C)(C)C)CCC(=O)O)c2c1. The number of aliphatic carboxylic acids is 1. The van der Waals surface area contributed by atoms with E-state index in [4.69, 9.17) is 14.2 Å². The van der Waals surface area contributed by atoms with Crippen LogP contribution >= 0.6 is 11.8 Å². The lowest BCUT2D eigenvalue weighted by Gasteiger charge is -2.26. The van der Waals surface area contributed by atoms with Gasteiger partial charge in [0.2, 0.25) is 0 Å². The predicted octanol–water partition coefficient (Wildman–Crippen LogP) is 6.42. The molecule has 59 heavy (non-hydrogen) atoms. The van der Waals surface area contributed by atoms with Crippen molar-refractivity contribution in [2.24, 2.45) is 0 Å². The minimum Gasteiger partial charge on any atom is -0.481 e. The number of hydrogen-bond acceptors (Lipinski definition) is 12. The summed E-state index contributed by atoms with van der Waals surface area (Å²) in [4.78, 5) is 83.8. The third kappa shape index (κ3) is 14.3. The summed E-state index contributed by atoms with van der Waals surface area (Å²) in [6.45, 7) is 9.25. The number of esters is 2. The van der Waals surface area contributed by atoms with Crippen LogP contribution in [0.4, 0.5) is 9.59 Å². The second-order valence-corrected chi connectivity index (χ2v) is 16.3. The molecule has 0 saturated heterocycles. The monoisotopic (exact) mass is 830 g/mol. The van der Waals surface area contributed by atoms with Crippen molar-refractivity contribution in [2.75, 3.05) is 26.7 Å². The Kier molecular flexibility index (Phi) is 15.8. The predicted molar refractivity (Wildman–Crippen MR) is 221 cm³/mol. The summed E-state index contributed by atoms with van der Waals surface area (Å²) in [5, 5.41) is 19.9. The summed E-state index contributed by atoms with van der Waals surface area (Å²) in [6.07, 6.45) is 3.36. The van der Waals surface area contributed by atoms with Gasteiger partial charge in [0.15, 0.2) is 0 Å². The van der Waals surface area contributed by atoms with E-state index in [-0.39, 0.29) is 38.4 Å². The number of nitrogens with zero attached hydrogens (tertiary/aromatic N) is 4. The smallest absolute Gasteiger partial charge is 0.408 e. The molecule has 314 valence electrons. The first kappa shape index (κ1) is 45.5. The first-order valence-electron chi connectivity index (χ1n) is 18.8. The largest absolute Gasteiger partial charge is 0.481 e. The molecule has 0 radical (unpaired) electrons. The van der Waals surface area contributed by atoms with Crippen molar-refractivity contribution in [1.29, 1.82) is 0 Å². The zero-order chi connectivity index (χ0) is 43.3. The molecule has 2 aromatic heterocycles. The fourth-order valence-electron chi connectivity index (χ4n) is 5.44. The molecule has 1 atom stereocenters. The average molecular weight is 831 g/mol. The molecule has 3 N–H and O–H groups in total. The lowest BCUT2D eigenvalue weighted by molar-refractivity contribution is -0.158. The molecule has 2 heterocycles. The summed E-state index contributed by atoms with van der Waals surface area (Å²) in [7, 11) is 1.55. The minimum absolute atomic E-state index is 0.170. The van der Waals surface area contributed by atoms with E-state index >= 15 is 0 Å². The van der Waals surface area contributed by atoms with Crippen molar-refractivity contribution in [1.82, 2.24) is 30.3 Å². The topological polar surface area (TPSA) is 208 Å². The molecular formula is C42H50N6O10S. The van der Waals surface area contributed by atoms with Gasteiger partial charge in [0.25, 0.3) is 5.91 Å². The number of carboxylic acids is 1. The van der Waals surface area contributed by atoms with Crippen LogP contribution in [0.3, 0.4) is 0 Å². The molecule has 0 aliphatic heterocycles. The summed E-state index contributed by atoms with van der Waals surface area (Å²) in [6, 6.07) is 16.0. The first-order chi connectivity index (χ1) is 27.8. The molecule has 0 aliphatic carbocycles. The van der Waals surface area contributed by atoms with Crippen LogP contribution in [-0.4, -0.2) is 105 Å². The van der Waals surface area contributed by atoms with Gasteiger partial charge < -0.3 is 34.9 Å². The number of hydrogen-bond donors (Lipinski definition) is 3. The number of rotatable bonds is 16. The normalized spacial score (nSPS) is 12.1. The number of aromatic nitrogens is 3. The maximum Gasteiger partial charge on any atom is 0.408 e. The highest BCUT2D eigenvalue weighted by Crippen LogP contribution is 2.34. The van der Waals surface area contributed by atoms with Crippen molar-refractivity contribution in [3.05, 3.63) is 83.8 Å². The second-order valence-electron chi connectivity index (χ2n) is 15.1. The number of amides is 3. The number of fused-ring (bicyclic) bond motifs is 1. The Morgan fingerprint density at radius 1 is 0.898 bits per heavy atom. The molecule has 0 unspecified atom stereocenters. The Balaban J connectivity index is 1.57. The molecular weight excluding hydrogens is 781 g/mol. The van der Waals surface area contributed by atoms with Gasteiger partial charge >= 0.3 is 30.0 Å². The molecule has 0 saturated carbocycles. The van der Waals surface area contributed by atoms with E-state index in [2.05, 4.69) is 20.7 Å². The minimum atomic E-state index is -1.22. The van der Waals surface area contributed by atoms with Gasteiger partial charge in [-0.15, -0.1) is 0 Å². The Morgan fingerprint density at radius 2 is 1.61 bits per heavy atom. The van der Waals surface area contributed by atoms with Gasteiger partial charge in [0.05, 0.1) is 35.4 Å². The first-order valence-corrected chi connectivity index (χ1v) is 19.6. The van der Waals surface area contributed by atoms with Crippen molar-refractivity contribution in [3.63, 3.8) is 0 Å². The number of ether oxygens (including phenoxy) is 3. The third-order valence-corrected chi connectivity index (χ3v) is 9.12. The quantitative estimate of drug-likeness (QED) is 0.0824. The van der Waals surface area contributed by atoms with E-state index in [0.29, 0.717) is 37.6 Å². The number of carboxylic acid groups (broad SMARTS) is 1. The van der Waals surface area contributed by atoms with Crippen molar-refractivity contribution < 1.29 is 48.1 Å². The van der Waals surface area contributed by atoms with Crippen LogP contribution in [0.5, 0.6) is 0 Å². The van der Waals surface area contributed by atoms with Gasteiger partial charge in [-0.1, -0.05) is 30.0 Å². The molecule has 0 spiro atoms. The Hall–Kier alpha value is -6.23. The Morgan fingerprint density at radius 3 is 2.27 bits per heavy atom. The van der Waals surface area contributed by atoms with Crippen molar-refractivity contribution in [2.45, 2.75) is 87.8 Å². The van der Waals surface area contributed by atoms with Crippen LogP contribution in [-0.2, 0) is 28.6 Å². The maximum absolute atomic E-state index is 14.3. The van der Waals surface area contributed by atoms with Crippen LogP contribution in [0.2, 0.25) is 0 Å². The molecule has 3 amide bonds. The molecule has 0 fully saturated rings. The standard InChI is InChI=1S/C42H50N6O10S/c1-41(2,3)57-38(53)32(45-39(54)58-42(4,5)6)19-20-36(51)56-25-24-47(23-21-35(49)50)40(55)48-33-26-28(59-34-14-9-8-13-30(34)37(52)43-7)16-17-29(33)31(46-48)18-15-27-12-10-11-22-44-27/h8-18,22,26,32H,19-21,23-25H2,1-7H3,(H,43,52)(H,45,54)(H,49,50)/b18-15+/t32-/m1/s1. The Bertz CT molecular complexity index is 2180. The van der Waals surface area contributed by atoms with Gasteiger partial charge in [-0.2, -0.15) is 9.78 Å². The molecule has 0 aliphatic rings. The van der Waals surface area contributed by atoms with E-state index in [1.165, 1.54) is 21.3 Å². The van der Waals surface area contributed by atoms with E-state index < -0.39 is 53.7 Å². The van der Waals surface area contributed by atoms with Crippen LogP contribution < -0.4 is 10.6 Å². The fraction of sp³-hybridized carbons (Fsp3) is 0.381. The molecule has 4 aromatic rings. The number of pyridine rings is 1. The lowest BCUT2D eigenvalue weighted by atomic mass is 10.1. The van der Waals surface area contributed by atoms with Crippen LogP contribution in [0.15, 0.2) is 76.7 Å². The van der Waals surface area contributed by atoms with E-state index in [1.54, 1.807) is 97.3 Å². The van der Waals surface area contributed by atoms with E-state index in [9.17, 15) is 33.9 Å². The number of nitrogens with one attached hydrogen (secondary N) is 2. The molecule has 17 heteroatoms. The van der Waals surface area contributed by atoms with Crippen molar-refractivity contribution in [3.8, 4) is 0 Å². The highest BCUT2D eigenvalue weighted by molar-refractivity contribution is 7.99. The van der Waals surface area contributed by atoms with Gasteiger partial charge in [-0.3, -0.25) is 19.4 Å². The number of benzene rings is 2. The van der Waals surface area contributed by atoms with Gasteiger partial charge in [-0.25, -0.2) is 14.4 Å². The third-order valence-electron chi connectivity index (χ3n) is 8.06. The lowest BCUT2D eigenvalue weighted by Crippen LogP contribution is -2.46. The fourth-order valence-corrected chi connectivity index (χ4v) is 6.42. The summed E-state index contributed by atoms with van der Waals surface area (Å²) in [5.41, 5.74) is 0.255. The van der Waals surface area contributed by atoms with E-state index in [1.807, 2.05) is 30.3 Å². The maximum atomic E-state index is 14.3. The molecule has 4 rings (SSSR count). The van der Waals surface area contributed by atoms with Crippen LogP contribution in [0, 0.1) is 0 Å². The molecule has 0 bridgehead atoms. The highest BCUT2D eigenvalue weighted by Gasteiger charge is 2.30.